The number of carbonyl (C=O) groups is 1. The van der Waals surface area contributed by atoms with Gasteiger partial charge in [-0.05, 0) is 12.1 Å². The number of benzene rings is 1. The van der Waals surface area contributed by atoms with Gasteiger partial charge < -0.3 is 5.32 Å². The highest BCUT2D eigenvalue weighted by Crippen LogP contribution is 2.15. The maximum Gasteiger partial charge on any atom is 0.218 e. The number of hydrogen-bond acceptors (Lipinski definition) is 2. The van der Waals surface area contributed by atoms with Crippen molar-refractivity contribution in [2.45, 2.75) is 13.8 Å². The second-order valence-corrected chi connectivity index (χ2v) is 2.51. The Labute approximate surface area is 84.8 Å². The van der Waals surface area contributed by atoms with Crippen LogP contribution in [0, 0.1) is 0 Å². The molecule has 1 N–H and O–H groups in total. The van der Waals surface area contributed by atoms with Crippen molar-refractivity contribution in [2.24, 2.45) is 0 Å². The molecule has 0 saturated heterocycles. The van der Waals surface area contributed by atoms with Gasteiger partial charge in [0.15, 0.2) is 0 Å². The smallest absolute Gasteiger partial charge is 0.218 e. The minimum atomic E-state index is -0.213. The zero-order valence-corrected chi connectivity index (χ0v) is 9.06. The summed E-state index contributed by atoms with van der Waals surface area (Å²) in [5.74, 6) is 0. The Bertz CT molecular complexity index is 273. The van der Waals surface area contributed by atoms with Crippen LogP contribution in [0.15, 0.2) is 24.3 Å². The first kappa shape index (κ1) is 12.0. The van der Waals surface area contributed by atoms with Crippen molar-refractivity contribution in [3.8, 4) is 0 Å². The Hall–Kier alpha value is -0.960. The molecule has 72 valence electrons. The molecule has 0 unspecified atom stereocenters. The number of hydrogen-bond donors (Lipinski definition) is 2. The molecule has 1 aromatic rings. The summed E-state index contributed by atoms with van der Waals surface area (Å²) in [4.78, 5) is 10.8. The Kier molecular flexibility index (Phi) is 6.06. The van der Waals surface area contributed by atoms with Crippen LogP contribution in [0.3, 0.4) is 0 Å². The number of para-hydroxylation sites is 1. The third kappa shape index (κ3) is 3.51. The van der Waals surface area contributed by atoms with E-state index in [9.17, 15) is 4.79 Å². The van der Waals surface area contributed by atoms with Crippen LogP contribution in [0.25, 0.3) is 0 Å². The van der Waals surface area contributed by atoms with Gasteiger partial charge in [0.05, 0.1) is 5.56 Å². The van der Waals surface area contributed by atoms with E-state index in [0.29, 0.717) is 5.56 Å². The normalized spacial score (nSPS) is 8.31. The Morgan fingerprint density at radius 3 is 2.23 bits per heavy atom. The van der Waals surface area contributed by atoms with Crippen LogP contribution >= 0.6 is 12.6 Å². The lowest BCUT2D eigenvalue weighted by molar-refractivity contribution is 0.109. The van der Waals surface area contributed by atoms with Gasteiger partial charge in [0.2, 0.25) is 5.12 Å². The first-order valence-corrected chi connectivity index (χ1v) is 4.70. The van der Waals surface area contributed by atoms with Crippen molar-refractivity contribution >= 4 is 23.4 Å². The Morgan fingerprint density at radius 2 is 1.85 bits per heavy atom. The van der Waals surface area contributed by atoms with E-state index < -0.39 is 0 Å². The third-order valence-electron chi connectivity index (χ3n) is 1.43. The SMILES string of the molecule is CC.CNc1ccccc1C(=O)S. The topological polar surface area (TPSA) is 29.1 Å². The molecule has 1 aromatic carbocycles. The summed E-state index contributed by atoms with van der Waals surface area (Å²) in [6, 6.07) is 7.25. The van der Waals surface area contributed by atoms with E-state index in [4.69, 9.17) is 0 Å². The highest BCUT2D eigenvalue weighted by atomic mass is 32.1. The number of rotatable bonds is 2. The molecular weight excluding hydrogens is 182 g/mol. The molecular formula is C10H15NOS. The summed E-state index contributed by atoms with van der Waals surface area (Å²) in [6.45, 7) is 4.00. The van der Waals surface area contributed by atoms with Crippen molar-refractivity contribution in [2.75, 3.05) is 12.4 Å². The fraction of sp³-hybridized carbons (Fsp3) is 0.300. The number of anilines is 1. The van der Waals surface area contributed by atoms with Crippen LogP contribution in [-0.2, 0) is 0 Å². The van der Waals surface area contributed by atoms with Crippen molar-refractivity contribution in [3.63, 3.8) is 0 Å². The molecule has 0 aliphatic carbocycles. The largest absolute Gasteiger partial charge is 0.388 e. The highest BCUT2D eigenvalue weighted by Gasteiger charge is 2.03. The van der Waals surface area contributed by atoms with Gasteiger partial charge in [0.1, 0.15) is 0 Å². The van der Waals surface area contributed by atoms with E-state index in [1.165, 1.54) is 0 Å². The lowest BCUT2D eigenvalue weighted by Crippen LogP contribution is -1.97. The summed E-state index contributed by atoms with van der Waals surface area (Å²) in [7, 11) is 1.77. The molecule has 0 atom stereocenters. The second-order valence-electron chi connectivity index (χ2n) is 2.10. The standard InChI is InChI=1S/C8H9NOS.C2H6/c1-9-7-5-3-2-4-6(7)8(10)11;1-2/h2-5,9H,1H3,(H,10,11);1-2H3. The summed E-state index contributed by atoms with van der Waals surface area (Å²) >= 11 is 3.73. The first-order valence-electron chi connectivity index (χ1n) is 4.26. The van der Waals surface area contributed by atoms with Gasteiger partial charge in [0.25, 0.3) is 0 Å². The van der Waals surface area contributed by atoms with Crippen LogP contribution in [-0.4, -0.2) is 12.2 Å². The van der Waals surface area contributed by atoms with Crippen LogP contribution in [0.4, 0.5) is 5.69 Å². The van der Waals surface area contributed by atoms with Crippen molar-refractivity contribution in [3.05, 3.63) is 29.8 Å². The maximum atomic E-state index is 10.8. The predicted octanol–water partition coefficient (Wildman–Crippen LogP) is 2.82. The van der Waals surface area contributed by atoms with E-state index in [-0.39, 0.29) is 5.12 Å². The van der Waals surface area contributed by atoms with Gasteiger partial charge in [-0.25, -0.2) is 0 Å². The van der Waals surface area contributed by atoms with Gasteiger partial charge in [-0.3, -0.25) is 4.79 Å². The molecule has 2 nitrogen and oxygen atoms in total. The van der Waals surface area contributed by atoms with Crippen molar-refractivity contribution < 1.29 is 4.79 Å². The summed E-state index contributed by atoms with van der Waals surface area (Å²) in [6.07, 6.45) is 0. The summed E-state index contributed by atoms with van der Waals surface area (Å²) < 4.78 is 0. The molecule has 0 aliphatic rings. The zero-order valence-electron chi connectivity index (χ0n) is 8.16. The molecule has 0 spiro atoms. The number of thiol groups is 1. The molecule has 1 rings (SSSR count). The van der Waals surface area contributed by atoms with E-state index in [1.54, 1.807) is 13.1 Å². The van der Waals surface area contributed by atoms with E-state index in [1.807, 2.05) is 32.0 Å². The molecule has 0 radical (unpaired) electrons. The van der Waals surface area contributed by atoms with Gasteiger partial charge in [0, 0.05) is 12.7 Å². The highest BCUT2D eigenvalue weighted by molar-refractivity contribution is 7.97. The van der Waals surface area contributed by atoms with Gasteiger partial charge in [-0.1, -0.05) is 26.0 Å². The quantitative estimate of drug-likeness (QED) is 0.714. The third-order valence-corrected chi connectivity index (χ3v) is 1.67. The average Bonchev–Trinajstić information content (AvgIpc) is 2.20. The Balaban J connectivity index is 0.000000671. The minimum absolute atomic E-state index is 0.213. The lowest BCUT2D eigenvalue weighted by Gasteiger charge is -2.03. The molecule has 3 heteroatoms. The molecule has 0 fully saturated rings. The maximum absolute atomic E-state index is 10.8. The number of carbonyl (C=O) groups excluding carboxylic acids is 1. The number of nitrogens with one attached hydrogen (secondary N) is 1. The minimum Gasteiger partial charge on any atom is -0.388 e. The van der Waals surface area contributed by atoms with E-state index in [0.717, 1.165) is 5.69 Å². The second kappa shape index (κ2) is 6.54. The van der Waals surface area contributed by atoms with Gasteiger partial charge in [-0.2, -0.15) is 0 Å². The Morgan fingerprint density at radius 1 is 1.31 bits per heavy atom. The molecule has 0 saturated carbocycles. The average molecular weight is 197 g/mol. The monoisotopic (exact) mass is 197 g/mol. The lowest BCUT2D eigenvalue weighted by atomic mass is 10.2. The molecule has 0 amide bonds. The fourth-order valence-corrected chi connectivity index (χ4v) is 1.08. The van der Waals surface area contributed by atoms with Crippen LogP contribution in [0.5, 0.6) is 0 Å². The van der Waals surface area contributed by atoms with E-state index >= 15 is 0 Å². The summed E-state index contributed by atoms with van der Waals surface area (Å²) in [5.41, 5.74) is 1.42. The van der Waals surface area contributed by atoms with Crippen LogP contribution in [0.2, 0.25) is 0 Å². The molecule has 0 bridgehead atoms. The van der Waals surface area contributed by atoms with Crippen molar-refractivity contribution in [1.29, 1.82) is 0 Å². The first-order chi connectivity index (χ1) is 6.25. The molecule has 0 heterocycles. The fourth-order valence-electron chi connectivity index (χ4n) is 0.888. The van der Waals surface area contributed by atoms with Gasteiger partial charge in [-0.15, -0.1) is 12.6 Å². The summed E-state index contributed by atoms with van der Waals surface area (Å²) in [5, 5.41) is 2.69. The van der Waals surface area contributed by atoms with Crippen molar-refractivity contribution in [1.82, 2.24) is 0 Å². The van der Waals surface area contributed by atoms with Crippen LogP contribution in [0.1, 0.15) is 24.2 Å². The van der Waals surface area contributed by atoms with E-state index in [2.05, 4.69) is 17.9 Å². The molecule has 0 aromatic heterocycles. The molecule has 0 aliphatic heterocycles. The van der Waals surface area contributed by atoms with Gasteiger partial charge >= 0.3 is 0 Å². The molecule has 13 heavy (non-hydrogen) atoms. The zero-order chi connectivity index (χ0) is 10.3. The van der Waals surface area contributed by atoms with Crippen LogP contribution < -0.4 is 5.32 Å². The predicted molar refractivity (Wildman–Crippen MR) is 60.7 cm³/mol.